The summed E-state index contributed by atoms with van der Waals surface area (Å²) >= 11 is 0. The van der Waals surface area contributed by atoms with Crippen molar-refractivity contribution in [2.45, 2.75) is 12.4 Å². The first-order valence-corrected chi connectivity index (χ1v) is 4.76. The predicted molar refractivity (Wildman–Crippen MR) is 54.0 cm³/mol. The Bertz CT molecular complexity index is 480. The maximum Gasteiger partial charge on any atom is 0.422 e. The molecule has 0 atom stereocenters. The zero-order valence-corrected chi connectivity index (χ0v) is 9.19. The number of amidine groups is 1. The Kier molecular flexibility index (Phi) is 3.97. The molecule has 0 heterocycles. The fourth-order valence-corrected chi connectivity index (χ4v) is 1.20. The van der Waals surface area contributed by atoms with E-state index < -0.39 is 36.1 Å². The number of nitrogens with one attached hydrogen (secondary N) is 1. The second-order valence-electron chi connectivity index (χ2n) is 3.53. The van der Waals surface area contributed by atoms with Crippen LogP contribution in [0.4, 0.5) is 26.3 Å². The van der Waals surface area contributed by atoms with Crippen LogP contribution in [0.2, 0.25) is 0 Å². The van der Waals surface area contributed by atoms with Crippen molar-refractivity contribution in [3.8, 4) is 5.75 Å². The largest absolute Gasteiger partial charge is 0.483 e. The molecule has 0 fully saturated rings. The highest BCUT2D eigenvalue weighted by atomic mass is 19.4. The molecule has 0 aromatic heterocycles. The van der Waals surface area contributed by atoms with E-state index in [0.29, 0.717) is 12.1 Å². The van der Waals surface area contributed by atoms with E-state index in [1.807, 2.05) is 0 Å². The lowest BCUT2D eigenvalue weighted by Gasteiger charge is -2.16. The molecule has 0 radical (unpaired) electrons. The molecule has 0 bridgehead atoms. The van der Waals surface area contributed by atoms with Gasteiger partial charge in [-0.1, -0.05) is 0 Å². The molecule has 1 rings (SSSR count). The molecule has 0 saturated heterocycles. The summed E-state index contributed by atoms with van der Waals surface area (Å²) in [4.78, 5) is 0. The molecule has 9 heteroatoms. The monoisotopic (exact) mass is 286 g/mol. The minimum Gasteiger partial charge on any atom is -0.483 e. The number of nitrogen functional groups attached to an aromatic ring is 1. The summed E-state index contributed by atoms with van der Waals surface area (Å²) in [5.74, 6) is -1.59. The summed E-state index contributed by atoms with van der Waals surface area (Å²) in [5, 5.41) is 7.00. The molecule has 0 aliphatic rings. The molecule has 1 aromatic rings. The number of nitrogens with two attached hydrogens (primary N) is 1. The second-order valence-corrected chi connectivity index (χ2v) is 3.53. The average molecular weight is 286 g/mol. The minimum absolute atomic E-state index is 0.258. The van der Waals surface area contributed by atoms with Gasteiger partial charge < -0.3 is 10.5 Å². The van der Waals surface area contributed by atoms with Crippen LogP contribution >= 0.6 is 0 Å². The molecule has 1 aromatic carbocycles. The average Bonchev–Trinajstić information content (AvgIpc) is 2.23. The number of halogens is 6. The van der Waals surface area contributed by atoms with Gasteiger partial charge in [-0.15, -0.1) is 0 Å². The Morgan fingerprint density at radius 3 is 2.16 bits per heavy atom. The van der Waals surface area contributed by atoms with Crippen molar-refractivity contribution in [2.75, 3.05) is 6.61 Å². The van der Waals surface area contributed by atoms with E-state index in [1.165, 1.54) is 0 Å². The van der Waals surface area contributed by atoms with Gasteiger partial charge in [-0.2, -0.15) is 26.3 Å². The highest BCUT2D eigenvalue weighted by molar-refractivity contribution is 5.95. The Morgan fingerprint density at radius 2 is 1.74 bits per heavy atom. The number of ether oxygens (including phenoxy) is 1. The minimum atomic E-state index is -4.91. The molecule has 106 valence electrons. The van der Waals surface area contributed by atoms with Crippen molar-refractivity contribution in [2.24, 2.45) is 5.73 Å². The van der Waals surface area contributed by atoms with E-state index in [9.17, 15) is 26.3 Å². The van der Waals surface area contributed by atoms with Crippen molar-refractivity contribution in [1.82, 2.24) is 0 Å². The van der Waals surface area contributed by atoms with Crippen LogP contribution in [0.1, 0.15) is 11.1 Å². The molecule has 0 spiro atoms. The molecule has 19 heavy (non-hydrogen) atoms. The van der Waals surface area contributed by atoms with Crippen molar-refractivity contribution in [1.29, 1.82) is 5.41 Å². The quantitative estimate of drug-likeness (QED) is 0.510. The Morgan fingerprint density at radius 1 is 1.16 bits per heavy atom. The van der Waals surface area contributed by atoms with Crippen LogP contribution in [0, 0.1) is 5.41 Å². The summed E-state index contributed by atoms with van der Waals surface area (Å²) in [6, 6.07) is 2.14. The molecular formula is C10H8F6N2O. The second kappa shape index (κ2) is 4.98. The van der Waals surface area contributed by atoms with Gasteiger partial charge in [-0.25, -0.2) is 0 Å². The fraction of sp³-hybridized carbons (Fsp3) is 0.300. The number of alkyl halides is 6. The summed E-state index contributed by atoms with van der Waals surface area (Å²) in [6.45, 7) is -1.84. The van der Waals surface area contributed by atoms with Crippen LogP contribution in [-0.2, 0) is 6.18 Å². The third-order valence-corrected chi connectivity index (χ3v) is 1.99. The summed E-state index contributed by atoms with van der Waals surface area (Å²) < 4.78 is 77.8. The molecular weight excluding hydrogens is 278 g/mol. The summed E-state index contributed by atoms with van der Waals surface area (Å²) in [6.07, 6.45) is -9.66. The van der Waals surface area contributed by atoms with E-state index in [1.54, 1.807) is 0 Å². The standard InChI is InChI=1S/C10H8F6N2O/c11-9(12,13)4-19-7-2-1-5(8(17)18)3-6(7)10(14,15)16/h1-3H,4H2,(H3,17,18). The first kappa shape index (κ1) is 15.1. The van der Waals surface area contributed by atoms with E-state index in [4.69, 9.17) is 11.1 Å². The third kappa shape index (κ3) is 4.34. The van der Waals surface area contributed by atoms with Crippen molar-refractivity contribution < 1.29 is 31.1 Å². The number of rotatable bonds is 3. The molecule has 3 nitrogen and oxygen atoms in total. The van der Waals surface area contributed by atoms with Crippen LogP contribution in [0.15, 0.2) is 18.2 Å². The van der Waals surface area contributed by atoms with Crippen LogP contribution in [0.3, 0.4) is 0 Å². The maximum atomic E-state index is 12.6. The highest BCUT2D eigenvalue weighted by Gasteiger charge is 2.36. The van der Waals surface area contributed by atoms with Crippen molar-refractivity contribution in [3.63, 3.8) is 0 Å². The molecule has 0 amide bonds. The van der Waals surface area contributed by atoms with Gasteiger partial charge in [-0.05, 0) is 18.2 Å². The van der Waals surface area contributed by atoms with Gasteiger partial charge in [0.1, 0.15) is 11.6 Å². The van der Waals surface area contributed by atoms with Crippen molar-refractivity contribution in [3.05, 3.63) is 29.3 Å². The highest BCUT2D eigenvalue weighted by Crippen LogP contribution is 2.37. The summed E-state index contributed by atoms with van der Waals surface area (Å²) in [5.41, 5.74) is 3.34. The smallest absolute Gasteiger partial charge is 0.422 e. The first-order valence-electron chi connectivity index (χ1n) is 4.76. The lowest BCUT2D eigenvalue weighted by molar-refractivity contribution is -0.158. The zero-order valence-electron chi connectivity index (χ0n) is 9.19. The fourth-order valence-electron chi connectivity index (χ4n) is 1.20. The van der Waals surface area contributed by atoms with Crippen LogP contribution < -0.4 is 10.5 Å². The predicted octanol–water partition coefficient (Wildman–Crippen LogP) is 2.93. The van der Waals surface area contributed by atoms with Crippen LogP contribution in [0.5, 0.6) is 5.75 Å². The Labute approximate surface area is 103 Å². The zero-order chi connectivity index (χ0) is 14.8. The molecule has 3 N–H and O–H groups in total. The Balaban J connectivity index is 3.13. The Hall–Kier alpha value is -1.93. The number of benzene rings is 1. The van der Waals surface area contributed by atoms with Gasteiger partial charge in [0.05, 0.1) is 5.56 Å². The lowest BCUT2D eigenvalue weighted by Crippen LogP contribution is -2.21. The van der Waals surface area contributed by atoms with Crippen LogP contribution in [0.25, 0.3) is 0 Å². The number of hydrogen-bond acceptors (Lipinski definition) is 2. The van der Waals surface area contributed by atoms with E-state index in [2.05, 4.69) is 4.74 Å². The van der Waals surface area contributed by atoms with Gasteiger partial charge >= 0.3 is 12.4 Å². The number of hydrogen-bond donors (Lipinski definition) is 2. The third-order valence-electron chi connectivity index (χ3n) is 1.99. The van der Waals surface area contributed by atoms with Gasteiger partial charge in [0, 0.05) is 5.56 Å². The molecule has 0 unspecified atom stereocenters. The molecule has 0 aliphatic heterocycles. The van der Waals surface area contributed by atoms with Gasteiger partial charge in [-0.3, -0.25) is 5.41 Å². The maximum absolute atomic E-state index is 12.6. The molecule has 0 saturated carbocycles. The van der Waals surface area contributed by atoms with Gasteiger partial charge in [0.2, 0.25) is 0 Å². The van der Waals surface area contributed by atoms with Crippen LogP contribution in [-0.4, -0.2) is 18.6 Å². The first-order chi connectivity index (χ1) is 8.50. The molecule has 0 aliphatic carbocycles. The summed E-state index contributed by atoms with van der Waals surface area (Å²) in [7, 11) is 0. The SMILES string of the molecule is N=C(N)c1ccc(OCC(F)(F)F)c(C(F)(F)F)c1. The normalized spacial score (nSPS) is 12.3. The van der Waals surface area contributed by atoms with E-state index >= 15 is 0 Å². The van der Waals surface area contributed by atoms with E-state index in [0.717, 1.165) is 6.07 Å². The van der Waals surface area contributed by atoms with Gasteiger partial charge in [0.15, 0.2) is 6.61 Å². The van der Waals surface area contributed by atoms with Gasteiger partial charge in [0.25, 0.3) is 0 Å². The van der Waals surface area contributed by atoms with Crippen molar-refractivity contribution >= 4 is 5.84 Å². The lowest BCUT2D eigenvalue weighted by atomic mass is 10.1. The topological polar surface area (TPSA) is 59.1 Å². The van der Waals surface area contributed by atoms with E-state index in [-0.39, 0.29) is 5.56 Å².